The van der Waals surface area contributed by atoms with Crippen molar-refractivity contribution >= 4 is 99.0 Å². The van der Waals surface area contributed by atoms with Crippen molar-refractivity contribution in [1.82, 2.24) is 29.3 Å². The quantitative estimate of drug-likeness (QED) is 0.168. The normalized spacial score (nSPS) is 14.5. The van der Waals surface area contributed by atoms with Crippen LogP contribution in [0.4, 0.5) is 17.1 Å². The van der Waals surface area contributed by atoms with Crippen molar-refractivity contribution in [2.45, 2.75) is 6.17 Å². The summed E-state index contributed by atoms with van der Waals surface area (Å²) in [7, 11) is 0. The maximum absolute atomic E-state index is 5.42. The van der Waals surface area contributed by atoms with Gasteiger partial charge in [-0.25, -0.2) is 4.98 Å². The molecule has 14 rings (SSSR count). The third-order valence-electron chi connectivity index (χ3n) is 12.4. The number of anilines is 3. The summed E-state index contributed by atoms with van der Waals surface area (Å²) in [4.78, 5) is 27.1. The molecule has 6 aromatic carbocycles. The Kier molecular flexibility index (Phi) is 5.67. The number of fused-ring (bicyclic) bond motifs is 26. The maximum Gasteiger partial charge on any atom is 0.146 e. The van der Waals surface area contributed by atoms with E-state index in [0.717, 1.165) is 93.7 Å². The Balaban J connectivity index is 0.986. The Morgan fingerprint density at radius 1 is 0.466 bits per heavy atom. The van der Waals surface area contributed by atoms with Gasteiger partial charge >= 0.3 is 0 Å². The lowest BCUT2D eigenvalue weighted by Gasteiger charge is -2.35. The molecule has 2 aliphatic heterocycles. The van der Waals surface area contributed by atoms with Crippen LogP contribution in [0.3, 0.4) is 0 Å². The van der Waals surface area contributed by atoms with E-state index in [4.69, 9.17) is 24.9 Å². The first kappa shape index (κ1) is 30.3. The molecule has 0 saturated heterocycles. The van der Waals surface area contributed by atoms with E-state index in [9.17, 15) is 0 Å². The van der Waals surface area contributed by atoms with Gasteiger partial charge in [-0.3, -0.25) is 24.3 Å². The van der Waals surface area contributed by atoms with E-state index in [1.54, 1.807) is 0 Å². The maximum atomic E-state index is 5.42. The number of para-hydroxylation sites is 2. The molecule has 8 nitrogen and oxygen atoms in total. The molecular weight excluding hydrogens is 713 g/mol. The molecule has 8 heteroatoms. The zero-order chi connectivity index (χ0) is 37.6. The molecule has 0 amide bonds. The second-order valence-electron chi connectivity index (χ2n) is 15.3. The number of benzene rings is 6. The highest BCUT2D eigenvalue weighted by Gasteiger charge is 2.40. The van der Waals surface area contributed by atoms with Crippen LogP contribution < -0.4 is 10.2 Å². The summed E-state index contributed by atoms with van der Waals surface area (Å²) in [6, 6.07) is 47.9. The van der Waals surface area contributed by atoms with Crippen molar-refractivity contribution in [3.05, 3.63) is 164 Å². The summed E-state index contributed by atoms with van der Waals surface area (Å²) in [6.07, 6.45) is 7.30. The Bertz CT molecular complexity index is 3810. The lowest BCUT2D eigenvalue weighted by atomic mass is 9.88. The van der Waals surface area contributed by atoms with Gasteiger partial charge in [-0.1, -0.05) is 54.6 Å². The van der Waals surface area contributed by atoms with Crippen LogP contribution in [0, 0.1) is 0 Å². The summed E-state index contributed by atoms with van der Waals surface area (Å²) in [6.45, 7) is 0. The first-order valence-corrected chi connectivity index (χ1v) is 19.5. The van der Waals surface area contributed by atoms with Crippen LogP contribution in [0.5, 0.6) is 0 Å². The molecule has 2 aliphatic rings. The number of rotatable bonds is 1. The van der Waals surface area contributed by atoms with Crippen molar-refractivity contribution in [3.8, 4) is 22.3 Å². The summed E-state index contributed by atoms with van der Waals surface area (Å²) < 4.78 is 2.33. The number of nitrogens with zero attached hydrogens (tertiary/aromatic N) is 7. The molecule has 0 spiro atoms. The second-order valence-corrected chi connectivity index (χ2v) is 15.3. The predicted molar refractivity (Wildman–Crippen MR) is 235 cm³/mol. The molecule has 1 N–H and O–H groups in total. The number of hydrogen-bond acceptors (Lipinski definition) is 7. The van der Waals surface area contributed by atoms with E-state index in [1.165, 1.54) is 33.2 Å². The van der Waals surface area contributed by atoms with E-state index in [0.29, 0.717) is 0 Å². The van der Waals surface area contributed by atoms with E-state index >= 15 is 0 Å². The number of aromatic nitrogens is 6. The first-order valence-electron chi connectivity index (χ1n) is 19.5. The predicted octanol–water partition coefficient (Wildman–Crippen LogP) is 11.9. The highest BCUT2D eigenvalue weighted by Crippen LogP contribution is 2.58. The average molecular weight is 741 g/mol. The fraction of sp³-hybridized carbons (Fsp3) is 0.0200. The Hall–Kier alpha value is -7.97. The molecule has 12 aromatic rings. The van der Waals surface area contributed by atoms with E-state index < -0.39 is 0 Å². The molecule has 8 heterocycles. The fourth-order valence-electron chi connectivity index (χ4n) is 10.0. The number of hydrogen-bond donors (Lipinski definition) is 1. The van der Waals surface area contributed by atoms with Gasteiger partial charge in [0.1, 0.15) is 11.8 Å². The second kappa shape index (κ2) is 10.9. The average Bonchev–Trinajstić information content (AvgIpc) is 3.91. The molecule has 58 heavy (non-hydrogen) atoms. The highest BCUT2D eigenvalue weighted by molar-refractivity contribution is 6.25. The number of imidazole rings is 1. The van der Waals surface area contributed by atoms with Crippen LogP contribution in [-0.2, 0) is 0 Å². The largest absolute Gasteiger partial charge is 0.359 e. The van der Waals surface area contributed by atoms with Gasteiger partial charge in [-0.05, 0) is 101 Å². The minimum Gasteiger partial charge on any atom is -0.359 e. The number of nitrogens with one attached hydrogen (secondary N) is 1. The molecule has 0 radical (unpaired) electrons. The summed E-state index contributed by atoms with van der Waals surface area (Å²) in [5, 5.41) is 11.6. The smallest absolute Gasteiger partial charge is 0.146 e. The SMILES string of the molecule is c1ccc2c(c1)-c1cc(-c3ccc4c(c3)c3ccccc3n3c4nc4c5cccnc5c5ncccc5c43)ccc1C1Nc3c(c4cccnc4c4ncccc34)N21. The van der Waals surface area contributed by atoms with Crippen LogP contribution in [-0.4, -0.2) is 29.3 Å². The van der Waals surface area contributed by atoms with Crippen molar-refractivity contribution in [2.24, 2.45) is 0 Å². The van der Waals surface area contributed by atoms with Crippen molar-refractivity contribution in [2.75, 3.05) is 10.2 Å². The molecule has 0 bridgehead atoms. The lowest BCUT2D eigenvalue weighted by molar-refractivity contribution is 0.821. The van der Waals surface area contributed by atoms with Crippen LogP contribution in [0.2, 0.25) is 0 Å². The summed E-state index contributed by atoms with van der Waals surface area (Å²) >= 11 is 0. The van der Waals surface area contributed by atoms with Crippen LogP contribution >= 0.6 is 0 Å². The molecule has 6 aromatic heterocycles. The monoisotopic (exact) mass is 740 g/mol. The van der Waals surface area contributed by atoms with Gasteiger partial charge in [0.25, 0.3) is 0 Å². The lowest BCUT2D eigenvalue weighted by Crippen LogP contribution is -2.27. The fourth-order valence-corrected chi connectivity index (χ4v) is 10.0. The molecule has 1 unspecified atom stereocenters. The highest BCUT2D eigenvalue weighted by atomic mass is 15.3. The number of pyridine rings is 5. The van der Waals surface area contributed by atoms with Gasteiger partial charge < -0.3 is 10.2 Å². The van der Waals surface area contributed by atoms with Gasteiger partial charge in [-0.2, -0.15) is 0 Å². The standard InChI is InChI=1S/C50H28N8/c1-3-15-39-29(9-1)37-25-27(17-19-31(37)49-55-45-33-11-5-21-51-41(33)43-35(13-7-23-53-43)47(45)57(39)49)28-18-20-32-38(26-28)30-10-2-4-16-40(30)58-48-36-14-8-24-54-44(36)42-34(12-6-22-52-42)46(48)56-50(32)58/h1-26,49,55H. The summed E-state index contributed by atoms with van der Waals surface area (Å²) in [5.41, 5.74) is 17.0. The van der Waals surface area contributed by atoms with E-state index in [-0.39, 0.29) is 6.17 Å². The van der Waals surface area contributed by atoms with Crippen molar-refractivity contribution in [3.63, 3.8) is 0 Å². The zero-order valence-electron chi connectivity index (χ0n) is 30.7. The first-order chi connectivity index (χ1) is 28.8. The van der Waals surface area contributed by atoms with E-state index in [1.807, 2.05) is 49.1 Å². The van der Waals surface area contributed by atoms with Crippen LogP contribution in [0.1, 0.15) is 11.7 Å². The molecule has 0 saturated carbocycles. The zero-order valence-corrected chi connectivity index (χ0v) is 30.7. The third kappa shape index (κ3) is 3.76. The molecule has 268 valence electrons. The Morgan fingerprint density at radius 2 is 1.10 bits per heavy atom. The van der Waals surface area contributed by atoms with Crippen molar-refractivity contribution in [1.29, 1.82) is 0 Å². The van der Waals surface area contributed by atoms with Gasteiger partial charge in [-0.15, -0.1) is 0 Å². The van der Waals surface area contributed by atoms with Gasteiger partial charge in [0.15, 0.2) is 0 Å². The minimum absolute atomic E-state index is 0.0934. The van der Waals surface area contributed by atoms with Gasteiger partial charge in [0.05, 0.1) is 55.7 Å². The van der Waals surface area contributed by atoms with Gasteiger partial charge in [0, 0.05) is 68.2 Å². The van der Waals surface area contributed by atoms with Crippen LogP contribution in [0.15, 0.2) is 158 Å². The van der Waals surface area contributed by atoms with Crippen molar-refractivity contribution < 1.29 is 0 Å². The van der Waals surface area contributed by atoms with E-state index in [2.05, 4.69) is 124 Å². The molecule has 0 aliphatic carbocycles. The summed E-state index contributed by atoms with van der Waals surface area (Å²) in [5.74, 6) is 0. The minimum atomic E-state index is -0.0934. The topological polar surface area (TPSA) is 84.1 Å². The Morgan fingerprint density at radius 3 is 1.95 bits per heavy atom. The molecular formula is C50H28N8. The third-order valence-corrected chi connectivity index (χ3v) is 12.4. The van der Waals surface area contributed by atoms with Gasteiger partial charge in [0.2, 0.25) is 0 Å². The Labute approximate surface area is 329 Å². The molecule has 0 fully saturated rings. The molecule has 1 atom stereocenters. The van der Waals surface area contributed by atoms with Crippen LogP contribution in [0.25, 0.3) is 104 Å².